The number of ether oxygens (including phenoxy) is 1. The predicted octanol–water partition coefficient (Wildman–Crippen LogP) is 1.18. The van der Waals surface area contributed by atoms with Crippen molar-refractivity contribution in [2.45, 2.75) is 31.9 Å². The van der Waals surface area contributed by atoms with Crippen LogP contribution in [0.2, 0.25) is 0 Å². The van der Waals surface area contributed by atoms with E-state index in [2.05, 4.69) is 15.3 Å². The van der Waals surface area contributed by atoms with Gasteiger partial charge in [0.05, 0.1) is 17.8 Å². The van der Waals surface area contributed by atoms with Crippen LogP contribution in [-0.4, -0.2) is 28.2 Å². The number of hydrogen-bond donors (Lipinski definition) is 2. The lowest BCUT2D eigenvalue weighted by Gasteiger charge is -2.29. The Hall–Kier alpha value is -1.43. The Kier molecular flexibility index (Phi) is 2.67. The fourth-order valence-corrected chi connectivity index (χ4v) is 1.74. The first-order chi connectivity index (χ1) is 7.51. The Balaban J connectivity index is 2.23. The van der Waals surface area contributed by atoms with Crippen molar-refractivity contribution in [1.29, 1.82) is 0 Å². The summed E-state index contributed by atoms with van der Waals surface area (Å²) in [7, 11) is 0. The molecular weight excluding hydrogens is 211 g/mol. The minimum atomic E-state index is -0.505. The van der Waals surface area contributed by atoms with Crippen molar-refractivity contribution < 1.29 is 9.13 Å². The van der Waals surface area contributed by atoms with Crippen LogP contribution in [-0.2, 0) is 4.74 Å². The molecule has 2 heterocycles. The maximum absolute atomic E-state index is 13.4. The van der Waals surface area contributed by atoms with Crippen molar-refractivity contribution in [3.63, 3.8) is 0 Å². The summed E-state index contributed by atoms with van der Waals surface area (Å²) < 4.78 is 18.9. The van der Waals surface area contributed by atoms with Crippen LogP contribution in [0.25, 0.3) is 0 Å². The van der Waals surface area contributed by atoms with Crippen molar-refractivity contribution in [1.82, 2.24) is 9.97 Å². The lowest BCUT2D eigenvalue weighted by atomic mass is 9.95. The average molecular weight is 226 g/mol. The first-order valence-corrected chi connectivity index (χ1v) is 5.19. The van der Waals surface area contributed by atoms with Crippen molar-refractivity contribution in [2.75, 3.05) is 17.7 Å². The molecule has 1 saturated heterocycles. The van der Waals surface area contributed by atoms with E-state index in [1.807, 2.05) is 13.8 Å². The van der Waals surface area contributed by atoms with E-state index in [0.29, 0.717) is 6.61 Å². The largest absolute Gasteiger partial charge is 0.376 e. The van der Waals surface area contributed by atoms with E-state index in [1.165, 1.54) is 0 Å². The molecule has 2 atom stereocenters. The Morgan fingerprint density at radius 3 is 3.06 bits per heavy atom. The van der Waals surface area contributed by atoms with Crippen molar-refractivity contribution in [2.24, 2.45) is 0 Å². The molecule has 0 aromatic carbocycles. The molecule has 1 aromatic heterocycles. The third kappa shape index (κ3) is 1.92. The van der Waals surface area contributed by atoms with Gasteiger partial charge in [0.15, 0.2) is 11.6 Å². The van der Waals surface area contributed by atoms with E-state index in [4.69, 9.17) is 10.5 Å². The lowest BCUT2D eigenvalue weighted by Crippen LogP contribution is -2.41. The third-order valence-electron chi connectivity index (χ3n) is 3.05. The highest BCUT2D eigenvalue weighted by Gasteiger charge is 2.37. The molecule has 0 bridgehead atoms. The minimum absolute atomic E-state index is 0.00286. The number of halogens is 1. The Labute approximate surface area is 93.2 Å². The van der Waals surface area contributed by atoms with Gasteiger partial charge in [0.1, 0.15) is 0 Å². The molecular formula is C10H15FN4O. The first-order valence-electron chi connectivity index (χ1n) is 5.19. The molecule has 1 aromatic rings. The number of anilines is 2. The van der Waals surface area contributed by atoms with Crippen molar-refractivity contribution in [3.8, 4) is 0 Å². The van der Waals surface area contributed by atoms with Crippen molar-refractivity contribution >= 4 is 11.8 Å². The fraction of sp³-hybridized carbons (Fsp3) is 0.600. The van der Waals surface area contributed by atoms with Gasteiger partial charge in [-0.25, -0.2) is 9.37 Å². The molecule has 88 valence electrons. The zero-order valence-corrected chi connectivity index (χ0v) is 9.33. The molecule has 1 fully saturated rings. The molecule has 0 aliphatic carbocycles. The van der Waals surface area contributed by atoms with Gasteiger partial charge in [0, 0.05) is 6.61 Å². The van der Waals surface area contributed by atoms with E-state index < -0.39 is 5.82 Å². The van der Waals surface area contributed by atoms with Gasteiger partial charge in [-0.1, -0.05) is 0 Å². The number of nitrogens with two attached hydrogens (primary N) is 1. The van der Waals surface area contributed by atoms with E-state index in [9.17, 15) is 4.39 Å². The van der Waals surface area contributed by atoms with Crippen LogP contribution in [0.5, 0.6) is 0 Å². The molecule has 1 aliphatic rings. The highest BCUT2D eigenvalue weighted by molar-refractivity contribution is 5.42. The van der Waals surface area contributed by atoms with Gasteiger partial charge in [-0.2, -0.15) is 4.98 Å². The van der Waals surface area contributed by atoms with Crippen LogP contribution >= 0.6 is 0 Å². The zero-order chi connectivity index (χ0) is 11.8. The van der Waals surface area contributed by atoms with E-state index in [-0.39, 0.29) is 23.4 Å². The zero-order valence-electron chi connectivity index (χ0n) is 9.33. The second kappa shape index (κ2) is 3.86. The molecule has 6 heteroatoms. The summed E-state index contributed by atoms with van der Waals surface area (Å²) in [5.41, 5.74) is 5.10. The summed E-state index contributed by atoms with van der Waals surface area (Å²) in [4.78, 5) is 7.42. The molecule has 3 N–H and O–H groups in total. The SMILES string of the molecule is CC1OCCC1(C)Nc1nc(N)ncc1F. The maximum Gasteiger partial charge on any atom is 0.222 e. The quantitative estimate of drug-likeness (QED) is 0.792. The topological polar surface area (TPSA) is 73.1 Å². The predicted molar refractivity (Wildman–Crippen MR) is 58.5 cm³/mol. The van der Waals surface area contributed by atoms with Gasteiger partial charge in [-0.05, 0) is 20.3 Å². The average Bonchev–Trinajstić information content (AvgIpc) is 2.53. The van der Waals surface area contributed by atoms with Crippen LogP contribution in [0.15, 0.2) is 6.20 Å². The van der Waals surface area contributed by atoms with Gasteiger partial charge in [0.25, 0.3) is 0 Å². The van der Waals surface area contributed by atoms with Gasteiger partial charge >= 0.3 is 0 Å². The van der Waals surface area contributed by atoms with Gasteiger partial charge in [-0.15, -0.1) is 0 Å². The molecule has 0 amide bonds. The summed E-state index contributed by atoms with van der Waals surface area (Å²) in [5, 5.41) is 3.04. The maximum atomic E-state index is 13.4. The van der Waals surface area contributed by atoms with Crippen LogP contribution in [0.1, 0.15) is 20.3 Å². The molecule has 0 spiro atoms. The molecule has 16 heavy (non-hydrogen) atoms. The van der Waals surface area contributed by atoms with Crippen LogP contribution in [0, 0.1) is 5.82 Å². The van der Waals surface area contributed by atoms with Gasteiger partial charge < -0.3 is 15.8 Å². The molecule has 5 nitrogen and oxygen atoms in total. The highest BCUT2D eigenvalue weighted by Crippen LogP contribution is 2.29. The second-order valence-corrected chi connectivity index (χ2v) is 4.23. The van der Waals surface area contributed by atoms with Crippen LogP contribution in [0.3, 0.4) is 0 Å². The summed E-state index contributed by atoms with van der Waals surface area (Å²) >= 11 is 0. The lowest BCUT2D eigenvalue weighted by molar-refractivity contribution is 0.105. The fourth-order valence-electron chi connectivity index (χ4n) is 1.74. The number of rotatable bonds is 2. The molecule has 2 unspecified atom stereocenters. The number of nitrogens with zero attached hydrogens (tertiary/aromatic N) is 2. The summed E-state index contributed by atoms with van der Waals surface area (Å²) in [6, 6.07) is 0. The Morgan fingerprint density at radius 1 is 1.69 bits per heavy atom. The van der Waals surface area contributed by atoms with Crippen LogP contribution in [0.4, 0.5) is 16.2 Å². The normalized spacial score (nSPS) is 29.3. The summed E-state index contributed by atoms with van der Waals surface area (Å²) in [6.07, 6.45) is 1.87. The van der Waals surface area contributed by atoms with Crippen molar-refractivity contribution in [3.05, 3.63) is 12.0 Å². The minimum Gasteiger partial charge on any atom is -0.376 e. The third-order valence-corrected chi connectivity index (χ3v) is 3.05. The van der Waals surface area contributed by atoms with E-state index >= 15 is 0 Å². The Morgan fingerprint density at radius 2 is 2.44 bits per heavy atom. The standard InChI is InChI=1S/C10H15FN4O/c1-6-10(2,3-4-16-6)15-8-7(11)5-13-9(12)14-8/h5-6H,3-4H2,1-2H3,(H3,12,13,14,15). The number of aromatic nitrogens is 2. The summed E-state index contributed by atoms with van der Waals surface area (Å²) in [5.74, 6) is -0.319. The van der Waals surface area contributed by atoms with Gasteiger partial charge in [-0.3, -0.25) is 0 Å². The monoisotopic (exact) mass is 226 g/mol. The number of nitrogen functional groups attached to an aromatic ring is 1. The van der Waals surface area contributed by atoms with Gasteiger partial charge in [0.2, 0.25) is 5.95 Å². The molecule has 0 radical (unpaired) electrons. The van der Waals surface area contributed by atoms with Crippen LogP contribution < -0.4 is 11.1 Å². The molecule has 2 rings (SSSR count). The Bertz CT molecular complexity index is 400. The smallest absolute Gasteiger partial charge is 0.222 e. The first kappa shape index (κ1) is 11.1. The summed E-state index contributed by atoms with van der Waals surface area (Å²) in [6.45, 7) is 4.58. The van der Waals surface area contributed by atoms with E-state index in [0.717, 1.165) is 12.6 Å². The number of nitrogens with one attached hydrogen (secondary N) is 1. The van der Waals surface area contributed by atoms with E-state index in [1.54, 1.807) is 0 Å². The highest BCUT2D eigenvalue weighted by atomic mass is 19.1. The molecule has 1 aliphatic heterocycles. The molecule has 0 saturated carbocycles. The second-order valence-electron chi connectivity index (χ2n) is 4.23. The number of hydrogen-bond acceptors (Lipinski definition) is 5.